The molecule has 0 aromatic heterocycles. The van der Waals surface area contributed by atoms with Crippen LogP contribution in [0.1, 0.15) is 25.8 Å². The van der Waals surface area contributed by atoms with Crippen molar-refractivity contribution in [2.45, 2.75) is 32.7 Å². The van der Waals surface area contributed by atoms with Crippen molar-refractivity contribution in [2.75, 3.05) is 13.2 Å². The van der Waals surface area contributed by atoms with Crippen LogP contribution in [0.25, 0.3) is 0 Å². The van der Waals surface area contributed by atoms with Gasteiger partial charge < -0.3 is 14.2 Å². The van der Waals surface area contributed by atoms with Crippen LogP contribution in [0, 0.1) is 0 Å². The molecule has 16 heavy (non-hydrogen) atoms. The van der Waals surface area contributed by atoms with E-state index in [0.717, 1.165) is 18.6 Å². The van der Waals surface area contributed by atoms with Crippen LogP contribution in [0.5, 0.6) is 5.75 Å². The Morgan fingerprint density at radius 2 is 1.88 bits per heavy atom. The molecule has 3 heteroatoms. The number of ether oxygens (including phenoxy) is 3. The van der Waals surface area contributed by atoms with Crippen molar-refractivity contribution in [3.05, 3.63) is 29.8 Å². The van der Waals surface area contributed by atoms with Gasteiger partial charge in [-0.15, -0.1) is 0 Å². The summed E-state index contributed by atoms with van der Waals surface area (Å²) in [5.41, 5.74) is 1.22. The third-order valence-electron chi connectivity index (χ3n) is 2.67. The first-order valence-corrected chi connectivity index (χ1v) is 5.84. The van der Waals surface area contributed by atoms with Crippen molar-refractivity contribution in [1.82, 2.24) is 0 Å². The summed E-state index contributed by atoms with van der Waals surface area (Å²) in [6.45, 7) is 5.07. The summed E-state index contributed by atoms with van der Waals surface area (Å²) < 4.78 is 17.1. The Kier molecular flexibility index (Phi) is 3.46. The summed E-state index contributed by atoms with van der Waals surface area (Å²) in [5, 5.41) is 0. The Bertz CT molecular complexity index is 343. The van der Waals surface area contributed by atoms with E-state index in [1.807, 2.05) is 32.0 Å². The summed E-state index contributed by atoms with van der Waals surface area (Å²) in [5.74, 6) is -0.00616. The molecule has 0 fully saturated rings. The smallest absolute Gasteiger partial charge is 0.327 e. The zero-order chi connectivity index (χ0) is 11.4. The molecule has 1 aromatic rings. The fourth-order valence-corrected chi connectivity index (χ4v) is 2.00. The highest BCUT2D eigenvalue weighted by Crippen LogP contribution is 2.34. The third kappa shape index (κ3) is 2.20. The minimum absolute atomic E-state index is 0.585. The molecule has 1 aliphatic rings. The molecule has 0 unspecified atom stereocenters. The van der Waals surface area contributed by atoms with E-state index in [1.165, 1.54) is 5.56 Å². The third-order valence-corrected chi connectivity index (χ3v) is 2.67. The molecule has 0 amide bonds. The van der Waals surface area contributed by atoms with Gasteiger partial charge >= 0.3 is 5.97 Å². The summed E-state index contributed by atoms with van der Waals surface area (Å²) in [6.07, 6.45) is 1.67. The van der Waals surface area contributed by atoms with Gasteiger partial charge in [0, 0.05) is 6.42 Å². The normalized spacial score (nSPS) is 17.6. The van der Waals surface area contributed by atoms with E-state index in [1.54, 1.807) is 0 Å². The molecule has 1 heterocycles. The Labute approximate surface area is 96.3 Å². The van der Waals surface area contributed by atoms with E-state index in [9.17, 15) is 0 Å². The average Bonchev–Trinajstić information content (AvgIpc) is 2.30. The first-order valence-electron chi connectivity index (χ1n) is 5.84. The molecule has 88 valence electrons. The molecule has 0 saturated heterocycles. The first kappa shape index (κ1) is 11.4. The Hall–Kier alpha value is -1.06. The molecule has 0 bridgehead atoms. The van der Waals surface area contributed by atoms with Crippen molar-refractivity contribution < 1.29 is 14.2 Å². The average molecular weight is 222 g/mol. The van der Waals surface area contributed by atoms with Crippen molar-refractivity contribution in [2.24, 2.45) is 0 Å². The highest BCUT2D eigenvalue weighted by atomic mass is 16.9. The van der Waals surface area contributed by atoms with Crippen LogP contribution in [0.3, 0.4) is 0 Å². The van der Waals surface area contributed by atoms with Crippen LogP contribution in [-0.2, 0) is 15.9 Å². The molecular formula is C13H18O3. The van der Waals surface area contributed by atoms with Crippen LogP contribution in [0.4, 0.5) is 0 Å². The topological polar surface area (TPSA) is 27.7 Å². The highest BCUT2D eigenvalue weighted by Gasteiger charge is 2.38. The number of rotatable bonds is 4. The lowest BCUT2D eigenvalue weighted by atomic mass is 10.0. The van der Waals surface area contributed by atoms with E-state index in [-0.39, 0.29) is 0 Å². The van der Waals surface area contributed by atoms with E-state index in [4.69, 9.17) is 14.2 Å². The predicted molar refractivity (Wildman–Crippen MR) is 61.4 cm³/mol. The fraction of sp³-hybridized carbons (Fsp3) is 0.538. The fourth-order valence-electron chi connectivity index (χ4n) is 2.00. The molecule has 2 rings (SSSR count). The zero-order valence-corrected chi connectivity index (χ0v) is 9.86. The van der Waals surface area contributed by atoms with Gasteiger partial charge in [0.25, 0.3) is 0 Å². The second-order valence-corrected chi connectivity index (χ2v) is 3.76. The number of para-hydroxylation sites is 1. The van der Waals surface area contributed by atoms with Gasteiger partial charge in [-0.2, -0.15) is 0 Å². The van der Waals surface area contributed by atoms with Crippen LogP contribution >= 0.6 is 0 Å². The van der Waals surface area contributed by atoms with Crippen LogP contribution in [0.2, 0.25) is 0 Å². The lowest BCUT2D eigenvalue weighted by Gasteiger charge is -2.36. The number of fused-ring (bicyclic) bond motifs is 1. The predicted octanol–water partition coefficient (Wildman–Crippen LogP) is 2.74. The zero-order valence-electron chi connectivity index (χ0n) is 9.86. The quantitative estimate of drug-likeness (QED) is 0.733. The van der Waals surface area contributed by atoms with Crippen molar-refractivity contribution in [3.8, 4) is 5.75 Å². The second-order valence-electron chi connectivity index (χ2n) is 3.76. The van der Waals surface area contributed by atoms with Gasteiger partial charge in [-0.25, -0.2) is 0 Å². The van der Waals surface area contributed by atoms with E-state index in [2.05, 4.69) is 6.07 Å². The number of hydrogen-bond acceptors (Lipinski definition) is 3. The van der Waals surface area contributed by atoms with Gasteiger partial charge in [-0.1, -0.05) is 18.2 Å². The molecule has 1 aromatic carbocycles. The lowest BCUT2D eigenvalue weighted by Crippen LogP contribution is -2.45. The maximum atomic E-state index is 5.86. The van der Waals surface area contributed by atoms with Crippen LogP contribution in [0.15, 0.2) is 24.3 Å². The van der Waals surface area contributed by atoms with E-state index in [0.29, 0.717) is 13.2 Å². The molecule has 0 spiro atoms. The summed E-state index contributed by atoms with van der Waals surface area (Å²) >= 11 is 0. The molecule has 0 aliphatic carbocycles. The number of hydrogen-bond donors (Lipinski definition) is 0. The van der Waals surface area contributed by atoms with E-state index < -0.39 is 5.97 Å². The largest absolute Gasteiger partial charge is 0.439 e. The summed E-state index contributed by atoms with van der Waals surface area (Å²) in [4.78, 5) is 0. The SMILES string of the molecule is CCOC1(OCC)CCc2ccccc2O1. The van der Waals surface area contributed by atoms with Gasteiger partial charge in [-0.3, -0.25) is 0 Å². The number of aryl methyl sites for hydroxylation is 1. The summed E-state index contributed by atoms with van der Waals surface area (Å²) in [7, 11) is 0. The molecule has 0 radical (unpaired) electrons. The molecule has 3 nitrogen and oxygen atoms in total. The standard InChI is InChI=1S/C13H18O3/c1-3-14-13(15-4-2)10-9-11-7-5-6-8-12(11)16-13/h5-8H,3-4,9-10H2,1-2H3. The van der Waals surface area contributed by atoms with Crippen molar-refractivity contribution in [3.63, 3.8) is 0 Å². The van der Waals surface area contributed by atoms with E-state index >= 15 is 0 Å². The lowest BCUT2D eigenvalue weighted by molar-refractivity contribution is -0.347. The molecule has 1 aliphatic heterocycles. The van der Waals surface area contributed by atoms with Gasteiger partial charge in [0.1, 0.15) is 5.75 Å². The second kappa shape index (κ2) is 4.85. The minimum atomic E-state index is -0.877. The highest BCUT2D eigenvalue weighted by molar-refractivity contribution is 5.35. The maximum Gasteiger partial charge on any atom is 0.327 e. The van der Waals surface area contributed by atoms with Gasteiger partial charge in [-0.05, 0) is 31.9 Å². The first-order chi connectivity index (χ1) is 7.79. The van der Waals surface area contributed by atoms with Gasteiger partial charge in [0.05, 0.1) is 13.2 Å². The van der Waals surface area contributed by atoms with Crippen LogP contribution in [-0.4, -0.2) is 19.2 Å². The molecule has 0 N–H and O–H groups in total. The Morgan fingerprint density at radius 3 is 2.56 bits per heavy atom. The monoisotopic (exact) mass is 222 g/mol. The minimum Gasteiger partial charge on any atom is -0.439 e. The van der Waals surface area contributed by atoms with Crippen molar-refractivity contribution >= 4 is 0 Å². The Balaban J connectivity index is 2.20. The maximum absolute atomic E-state index is 5.86. The van der Waals surface area contributed by atoms with Gasteiger partial charge in [0.2, 0.25) is 0 Å². The molecule has 0 saturated carbocycles. The van der Waals surface area contributed by atoms with Crippen LogP contribution < -0.4 is 4.74 Å². The summed E-state index contributed by atoms with van der Waals surface area (Å²) in [6, 6.07) is 8.03. The Morgan fingerprint density at radius 1 is 1.19 bits per heavy atom. The van der Waals surface area contributed by atoms with Gasteiger partial charge in [0.15, 0.2) is 0 Å². The van der Waals surface area contributed by atoms with Crippen molar-refractivity contribution in [1.29, 1.82) is 0 Å². The molecule has 0 atom stereocenters. The molecular weight excluding hydrogens is 204 g/mol. The number of benzene rings is 1.